The van der Waals surface area contributed by atoms with Gasteiger partial charge >= 0.3 is 12.1 Å². The smallest absolute Gasteiger partial charge is 0.410 e. The van der Waals surface area contributed by atoms with Crippen molar-refractivity contribution in [2.24, 2.45) is 0 Å². The van der Waals surface area contributed by atoms with Crippen LogP contribution in [0.25, 0.3) is 0 Å². The Balaban J connectivity index is 1.76. The summed E-state index contributed by atoms with van der Waals surface area (Å²) in [6, 6.07) is 5.17. The van der Waals surface area contributed by atoms with Crippen molar-refractivity contribution in [1.82, 2.24) is 19.9 Å². The van der Waals surface area contributed by atoms with Gasteiger partial charge in [-0.25, -0.2) is 19.7 Å². The lowest BCUT2D eigenvalue weighted by Gasteiger charge is -2.45. The molecule has 11 nitrogen and oxygen atoms in total. The molecule has 2 aliphatic rings. The minimum Gasteiger partial charge on any atom is -0.465 e. The number of aromatic nitrogens is 3. The Bertz CT molecular complexity index is 1270. The average Bonchev–Trinajstić information content (AvgIpc) is 3.18. The third-order valence-corrected chi connectivity index (χ3v) is 6.85. The van der Waals surface area contributed by atoms with Crippen LogP contribution < -0.4 is 9.80 Å². The van der Waals surface area contributed by atoms with Gasteiger partial charge in [0.05, 0.1) is 23.8 Å². The maximum absolute atomic E-state index is 13.4. The van der Waals surface area contributed by atoms with E-state index in [1.807, 2.05) is 46.4 Å². The minimum absolute atomic E-state index is 0.113. The van der Waals surface area contributed by atoms with E-state index in [9.17, 15) is 14.9 Å². The van der Waals surface area contributed by atoms with Gasteiger partial charge in [0.1, 0.15) is 34.8 Å². The molecule has 4 rings (SSSR count). The van der Waals surface area contributed by atoms with Gasteiger partial charge in [0, 0.05) is 37.9 Å². The third kappa shape index (κ3) is 4.95. The number of carbonyl (C=O) groups is 2. The summed E-state index contributed by atoms with van der Waals surface area (Å²) in [5.74, 6) is 1.29. The highest BCUT2D eigenvalue weighted by atomic mass is 16.6. The van der Waals surface area contributed by atoms with Crippen LogP contribution in [0.1, 0.15) is 59.6 Å². The van der Waals surface area contributed by atoms with E-state index in [0.717, 1.165) is 0 Å². The van der Waals surface area contributed by atoms with Crippen LogP contribution in [-0.4, -0.2) is 75.8 Å². The van der Waals surface area contributed by atoms with E-state index in [0.29, 0.717) is 41.7 Å². The Morgan fingerprint density at radius 1 is 1.16 bits per heavy atom. The van der Waals surface area contributed by atoms with Crippen LogP contribution in [0, 0.1) is 11.3 Å². The molecule has 0 aliphatic carbocycles. The molecule has 38 heavy (non-hydrogen) atoms. The van der Waals surface area contributed by atoms with Gasteiger partial charge in [0.2, 0.25) is 0 Å². The van der Waals surface area contributed by atoms with E-state index in [2.05, 4.69) is 25.9 Å². The molecule has 1 amide bonds. The van der Waals surface area contributed by atoms with Crippen molar-refractivity contribution in [1.29, 1.82) is 5.26 Å². The molecular formula is C27H35N7O4. The zero-order valence-corrected chi connectivity index (χ0v) is 23.1. The zero-order valence-electron chi connectivity index (χ0n) is 23.1. The third-order valence-electron chi connectivity index (χ3n) is 6.85. The maximum Gasteiger partial charge on any atom is 0.410 e. The van der Waals surface area contributed by atoms with E-state index in [4.69, 9.17) is 9.47 Å². The zero-order chi connectivity index (χ0) is 27.8. The van der Waals surface area contributed by atoms with Crippen molar-refractivity contribution < 1.29 is 19.1 Å². The second-order valence-electron chi connectivity index (χ2n) is 11.0. The summed E-state index contributed by atoms with van der Waals surface area (Å²) in [5.41, 5.74) is -0.576. The van der Waals surface area contributed by atoms with Crippen LogP contribution in [0.3, 0.4) is 0 Å². The lowest BCUT2D eigenvalue weighted by molar-refractivity contribution is -0.148. The van der Waals surface area contributed by atoms with E-state index in [1.54, 1.807) is 30.2 Å². The maximum atomic E-state index is 13.4. The van der Waals surface area contributed by atoms with Gasteiger partial charge in [0.15, 0.2) is 0 Å². The first kappa shape index (κ1) is 27.1. The van der Waals surface area contributed by atoms with Gasteiger partial charge < -0.3 is 24.2 Å². The highest BCUT2D eigenvalue weighted by molar-refractivity contribution is 5.92. The summed E-state index contributed by atoms with van der Waals surface area (Å²) in [4.78, 5) is 45.7. The summed E-state index contributed by atoms with van der Waals surface area (Å²) in [7, 11) is 0. The number of amides is 1. The lowest BCUT2D eigenvalue weighted by Crippen LogP contribution is -2.59. The van der Waals surface area contributed by atoms with Crippen LogP contribution in [0.15, 0.2) is 24.7 Å². The molecule has 2 aliphatic heterocycles. The highest BCUT2D eigenvalue weighted by Crippen LogP contribution is 2.48. The molecule has 0 N–H and O–H groups in total. The van der Waals surface area contributed by atoms with Crippen molar-refractivity contribution in [3.8, 4) is 6.07 Å². The van der Waals surface area contributed by atoms with Crippen molar-refractivity contribution >= 4 is 29.5 Å². The molecular weight excluding hydrogens is 486 g/mol. The largest absolute Gasteiger partial charge is 0.465 e. The van der Waals surface area contributed by atoms with Crippen LogP contribution in [0.2, 0.25) is 0 Å². The predicted octanol–water partition coefficient (Wildman–Crippen LogP) is 3.55. The number of pyridine rings is 1. The molecule has 0 bridgehead atoms. The van der Waals surface area contributed by atoms with Gasteiger partial charge in [-0.3, -0.25) is 4.79 Å². The van der Waals surface area contributed by atoms with E-state index in [1.165, 1.54) is 6.33 Å². The Morgan fingerprint density at radius 3 is 2.53 bits per heavy atom. The topological polar surface area (TPSA) is 125 Å². The number of piperazine rings is 1. The number of ether oxygens (including phenoxy) is 2. The first-order valence-electron chi connectivity index (χ1n) is 12.8. The number of nitrogens with zero attached hydrogens (tertiary/aromatic N) is 7. The van der Waals surface area contributed by atoms with Crippen LogP contribution in [-0.2, 0) is 19.7 Å². The number of hydrogen-bond donors (Lipinski definition) is 0. The number of hydrogen-bond acceptors (Lipinski definition) is 10. The molecule has 1 saturated heterocycles. The summed E-state index contributed by atoms with van der Waals surface area (Å²) >= 11 is 0. The number of anilines is 3. The second kappa shape index (κ2) is 10.1. The van der Waals surface area contributed by atoms with Crippen LogP contribution >= 0.6 is 0 Å². The highest BCUT2D eigenvalue weighted by Gasteiger charge is 2.51. The molecule has 0 unspecified atom stereocenters. The molecule has 4 heterocycles. The monoisotopic (exact) mass is 521 g/mol. The van der Waals surface area contributed by atoms with Crippen molar-refractivity contribution in [2.75, 3.05) is 36.0 Å². The molecule has 202 valence electrons. The van der Waals surface area contributed by atoms with Crippen LogP contribution in [0.5, 0.6) is 0 Å². The standard InChI is InChI=1S/C27H35N7O4/c1-8-37-24(35)27(7)15-34(20-11-19(12-28)9-10-29-20)23-21(27)22(30-16-31-23)32-13-18(3)33(14-17(32)2)25(36)38-26(4,5)6/h9-11,16-18H,8,13-15H2,1-7H3/t17-,18+,27-/m0/s1. The fraction of sp³-hybridized carbons (Fsp3) is 0.556. The summed E-state index contributed by atoms with van der Waals surface area (Å²) < 4.78 is 11.1. The van der Waals surface area contributed by atoms with E-state index < -0.39 is 11.0 Å². The lowest BCUT2D eigenvalue weighted by atomic mass is 9.84. The van der Waals surface area contributed by atoms with E-state index >= 15 is 0 Å². The minimum atomic E-state index is -1.09. The van der Waals surface area contributed by atoms with Crippen molar-refractivity contribution in [2.45, 2.75) is 71.6 Å². The van der Waals surface area contributed by atoms with Crippen LogP contribution in [0.4, 0.5) is 22.2 Å². The summed E-state index contributed by atoms with van der Waals surface area (Å²) in [6.07, 6.45) is 2.69. The number of esters is 1. The SMILES string of the molecule is CCOC(=O)[C@@]1(C)CN(c2cc(C#N)ccn2)c2ncnc(N3C[C@@H](C)N(C(=O)OC(C)(C)C)C[C@@H]3C)c21. The second-order valence-corrected chi connectivity index (χ2v) is 11.0. The molecule has 0 radical (unpaired) electrons. The van der Waals surface area contributed by atoms with Crippen molar-refractivity contribution in [3.63, 3.8) is 0 Å². The molecule has 0 spiro atoms. The fourth-order valence-electron chi connectivity index (χ4n) is 5.03. The molecule has 1 fully saturated rings. The number of fused-ring (bicyclic) bond motifs is 1. The van der Waals surface area contributed by atoms with Gasteiger partial charge in [-0.15, -0.1) is 0 Å². The van der Waals surface area contributed by atoms with Crippen molar-refractivity contribution in [3.05, 3.63) is 35.8 Å². The number of carbonyl (C=O) groups excluding carboxylic acids is 2. The Hall–Kier alpha value is -3.94. The molecule has 0 aromatic carbocycles. The first-order valence-corrected chi connectivity index (χ1v) is 12.8. The molecule has 3 atom stereocenters. The summed E-state index contributed by atoms with van der Waals surface area (Å²) in [6.45, 7) is 14.5. The van der Waals surface area contributed by atoms with Gasteiger partial charge in [-0.1, -0.05) is 0 Å². The Labute approximate surface area is 223 Å². The number of rotatable bonds is 4. The molecule has 2 aromatic rings. The fourth-order valence-corrected chi connectivity index (χ4v) is 5.03. The normalized spacial score (nSPS) is 23.1. The summed E-state index contributed by atoms with van der Waals surface area (Å²) in [5, 5.41) is 9.41. The van der Waals surface area contributed by atoms with Gasteiger partial charge in [-0.05, 0) is 60.6 Å². The molecule has 11 heteroatoms. The predicted molar refractivity (Wildman–Crippen MR) is 141 cm³/mol. The molecule has 0 saturated carbocycles. The Kier molecular flexibility index (Phi) is 7.19. The van der Waals surface area contributed by atoms with Gasteiger partial charge in [-0.2, -0.15) is 5.26 Å². The molecule has 2 aromatic heterocycles. The van der Waals surface area contributed by atoms with E-state index in [-0.39, 0.29) is 37.3 Å². The first-order chi connectivity index (χ1) is 17.9. The number of nitriles is 1. The average molecular weight is 522 g/mol. The Morgan fingerprint density at radius 2 is 1.87 bits per heavy atom. The van der Waals surface area contributed by atoms with Gasteiger partial charge in [0.25, 0.3) is 0 Å². The quantitative estimate of drug-likeness (QED) is 0.552.